The number of rotatable bonds is 0. The number of anilines is 1. The predicted molar refractivity (Wildman–Crippen MR) is 93.0 cm³/mol. The van der Waals surface area contributed by atoms with Crippen LogP contribution in [0.2, 0.25) is 0 Å². The lowest BCUT2D eigenvalue weighted by Gasteiger charge is -2.58. The number of para-hydroxylation sites is 1. The van der Waals surface area contributed by atoms with Gasteiger partial charge in [0.2, 0.25) is 0 Å². The molecule has 1 saturated carbocycles. The van der Waals surface area contributed by atoms with Crippen LogP contribution in [0, 0.1) is 11.8 Å². The van der Waals surface area contributed by atoms with Gasteiger partial charge in [-0.25, -0.2) is 0 Å². The summed E-state index contributed by atoms with van der Waals surface area (Å²) in [5.74, 6) is 1.48. The first-order valence-corrected chi connectivity index (χ1v) is 9.82. The monoisotopic (exact) mass is 320 g/mol. The molecule has 0 N–H and O–H groups in total. The molecule has 24 heavy (non-hydrogen) atoms. The van der Waals surface area contributed by atoms with E-state index in [1.54, 1.807) is 16.8 Å². The van der Waals surface area contributed by atoms with Crippen LogP contribution in [0.1, 0.15) is 31.2 Å². The molecule has 6 atom stereocenters. The third-order valence-corrected chi connectivity index (χ3v) is 8.28. The van der Waals surface area contributed by atoms with Crippen LogP contribution in [0.4, 0.5) is 5.69 Å². The Labute approximate surface area is 143 Å². The van der Waals surface area contributed by atoms with Crippen molar-refractivity contribution in [1.29, 1.82) is 0 Å². The number of benzene rings is 1. The zero-order valence-corrected chi connectivity index (χ0v) is 14.0. The molecule has 1 aliphatic carbocycles. The van der Waals surface area contributed by atoms with E-state index in [1.807, 2.05) is 0 Å². The minimum absolute atomic E-state index is 0.353. The van der Waals surface area contributed by atoms with Crippen LogP contribution in [0.3, 0.4) is 0 Å². The smallest absolute Gasteiger partial charge is 0.0646 e. The Morgan fingerprint density at radius 1 is 1.17 bits per heavy atom. The molecule has 3 nitrogen and oxygen atoms in total. The van der Waals surface area contributed by atoms with Gasteiger partial charge >= 0.3 is 0 Å². The second-order valence-electron chi connectivity index (χ2n) is 8.77. The van der Waals surface area contributed by atoms with Crippen molar-refractivity contribution in [3.63, 3.8) is 0 Å². The maximum absolute atomic E-state index is 6.44. The third-order valence-electron chi connectivity index (χ3n) is 8.28. The van der Waals surface area contributed by atoms with Crippen molar-refractivity contribution in [2.24, 2.45) is 11.8 Å². The van der Waals surface area contributed by atoms with E-state index in [-0.39, 0.29) is 0 Å². The Hall–Kier alpha value is -1.48. The molecule has 0 radical (unpaired) electrons. The minimum Gasteiger partial charge on any atom is -0.377 e. The Morgan fingerprint density at radius 2 is 2.12 bits per heavy atom. The van der Waals surface area contributed by atoms with Crippen LogP contribution in [0.15, 0.2) is 36.0 Å². The fraction of sp³-hybridized carbons (Fsp3) is 0.619. The molecule has 6 aliphatic rings. The SMILES string of the molecule is C1=C2CCO[C@@H]3CCN4c5ccccc5[C@]56CCN1[C@H]5C[C@H]2[C@H]3[C@@H]46. The Kier molecular flexibility index (Phi) is 2.14. The summed E-state index contributed by atoms with van der Waals surface area (Å²) >= 11 is 0. The number of ether oxygens (including phenoxy) is 1. The molecule has 1 aromatic rings. The summed E-state index contributed by atoms with van der Waals surface area (Å²) in [5, 5.41) is 0. The average Bonchev–Trinajstić information content (AvgIpc) is 3.08. The van der Waals surface area contributed by atoms with Crippen molar-refractivity contribution in [2.45, 2.75) is 49.3 Å². The predicted octanol–water partition coefficient (Wildman–Crippen LogP) is 2.91. The summed E-state index contributed by atoms with van der Waals surface area (Å²) in [6.45, 7) is 3.37. The van der Waals surface area contributed by atoms with E-state index in [1.165, 1.54) is 32.4 Å². The minimum atomic E-state index is 0.353. The van der Waals surface area contributed by atoms with Crippen LogP contribution in [-0.4, -0.2) is 42.8 Å². The maximum Gasteiger partial charge on any atom is 0.0646 e. The van der Waals surface area contributed by atoms with Crippen molar-refractivity contribution in [3.8, 4) is 0 Å². The Bertz CT molecular complexity index is 773. The highest BCUT2D eigenvalue weighted by Crippen LogP contribution is 2.65. The van der Waals surface area contributed by atoms with Crippen LogP contribution in [0.25, 0.3) is 0 Å². The first-order chi connectivity index (χ1) is 11.9. The molecule has 3 saturated heterocycles. The van der Waals surface area contributed by atoms with E-state index < -0.39 is 0 Å². The number of piperidine rings is 1. The number of fused-ring (bicyclic) bond motifs is 2. The van der Waals surface area contributed by atoms with Crippen molar-refractivity contribution >= 4 is 5.69 Å². The van der Waals surface area contributed by atoms with Gasteiger partial charge in [0, 0.05) is 42.2 Å². The molecule has 3 heteroatoms. The summed E-state index contributed by atoms with van der Waals surface area (Å²) in [6, 6.07) is 10.7. The molecule has 5 aliphatic heterocycles. The Balaban J connectivity index is 1.54. The lowest BCUT2D eigenvalue weighted by atomic mass is 9.54. The number of nitrogens with zero attached hydrogens (tertiary/aromatic N) is 2. The van der Waals surface area contributed by atoms with Gasteiger partial charge in [-0.2, -0.15) is 0 Å². The van der Waals surface area contributed by atoms with E-state index in [0.717, 1.165) is 25.0 Å². The van der Waals surface area contributed by atoms with Crippen LogP contribution >= 0.6 is 0 Å². The largest absolute Gasteiger partial charge is 0.377 e. The summed E-state index contributed by atoms with van der Waals surface area (Å²) < 4.78 is 6.44. The highest BCUT2D eigenvalue weighted by molar-refractivity contribution is 5.67. The zero-order valence-electron chi connectivity index (χ0n) is 14.0. The second-order valence-corrected chi connectivity index (χ2v) is 8.77. The first kappa shape index (κ1) is 12.8. The van der Waals surface area contributed by atoms with Gasteiger partial charge in [-0.05, 0) is 55.0 Å². The van der Waals surface area contributed by atoms with Crippen molar-refractivity contribution in [2.75, 3.05) is 24.6 Å². The second kappa shape index (κ2) is 4.01. The van der Waals surface area contributed by atoms with Gasteiger partial charge in [0.25, 0.3) is 0 Å². The van der Waals surface area contributed by atoms with Crippen LogP contribution in [-0.2, 0) is 10.2 Å². The standard InChI is InChI=1S/C21H24N2O/c1-2-4-16-15(3-1)21-7-9-22-12-13-6-10-24-17-5-8-23(16)20(21)19(17)14(13)11-18(21)22/h1-4,12,14,17-20H,5-11H2/t14-,17-,18+,19-,20-,21-/m1/s1. The Morgan fingerprint density at radius 3 is 3.12 bits per heavy atom. The quantitative estimate of drug-likeness (QED) is 0.731. The van der Waals surface area contributed by atoms with Gasteiger partial charge in [-0.1, -0.05) is 18.2 Å². The fourth-order valence-electron chi connectivity index (χ4n) is 7.63. The van der Waals surface area contributed by atoms with Crippen molar-refractivity contribution in [3.05, 3.63) is 41.6 Å². The van der Waals surface area contributed by atoms with Crippen LogP contribution < -0.4 is 4.90 Å². The molecule has 1 spiro atoms. The third kappa shape index (κ3) is 1.21. The highest BCUT2D eigenvalue weighted by Gasteiger charge is 2.69. The van der Waals surface area contributed by atoms with Gasteiger partial charge in [0.15, 0.2) is 0 Å². The van der Waals surface area contributed by atoms with Gasteiger partial charge in [0.05, 0.1) is 12.7 Å². The molecule has 0 amide bonds. The van der Waals surface area contributed by atoms with Crippen molar-refractivity contribution in [1.82, 2.24) is 4.90 Å². The van der Waals surface area contributed by atoms with E-state index >= 15 is 0 Å². The van der Waals surface area contributed by atoms with Crippen molar-refractivity contribution < 1.29 is 4.74 Å². The highest BCUT2D eigenvalue weighted by atomic mass is 16.5. The molecular weight excluding hydrogens is 296 g/mol. The molecule has 5 heterocycles. The van der Waals surface area contributed by atoms with Crippen LogP contribution in [0.5, 0.6) is 0 Å². The lowest BCUT2D eigenvalue weighted by Crippen LogP contribution is -2.66. The summed E-state index contributed by atoms with van der Waals surface area (Å²) in [7, 11) is 0. The summed E-state index contributed by atoms with van der Waals surface area (Å²) in [5.41, 5.74) is 5.25. The van der Waals surface area contributed by atoms with Gasteiger partial charge < -0.3 is 14.5 Å². The molecular formula is C21H24N2O. The van der Waals surface area contributed by atoms with E-state index in [2.05, 4.69) is 40.3 Å². The molecule has 0 aromatic heterocycles. The first-order valence-electron chi connectivity index (χ1n) is 9.82. The molecule has 0 unspecified atom stereocenters. The lowest BCUT2D eigenvalue weighted by molar-refractivity contribution is -0.0489. The maximum atomic E-state index is 6.44. The summed E-state index contributed by atoms with van der Waals surface area (Å²) in [6.07, 6.45) is 8.12. The zero-order chi connectivity index (χ0) is 15.5. The summed E-state index contributed by atoms with van der Waals surface area (Å²) in [4.78, 5) is 5.52. The molecule has 124 valence electrons. The molecule has 4 fully saturated rings. The van der Waals surface area contributed by atoms with Gasteiger partial charge in [-0.3, -0.25) is 0 Å². The van der Waals surface area contributed by atoms with Gasteiger partial charge in [-0.15, -0.1) is 0 Å². The van der Waals surface area contributed by atoms with E-state index in [9.17, 15) is 0 Å². The molecule has 1 aromatic carbocycles. The average molecular weight is 320 g/mol. The number of hydrogen-bond acceptors (Lipinski definition) is 3. The normalized spacial score (nSPS) is 46.5. The fourth-order valence-corrected chi connectivity index (χ4v) is 7.63. The molecule has 2 bridgehead atoms. The topological polar surface area (TPSA) is 15.7 Å². The number of hydrogen-bond donors (Lipinski definition) is 0. The molecule has 7 rings (SSSR count). The van der Waals surface area contributed by atoms with Gasteiger partial charge in [0.1, 0.15) is 0 Å². The van der Waals surface area contributed by atoms with E-state index in [4.69, 9.17) is 4.74 Å². The van der Waals surface area contributed by atoms with E-state index in [0.29, 0.717) is 23.5 Å².